The van der Waals surface area contributed by atoms with Gasteiger partial charge < -0.3 is 20.7 Å². The topological polar surface area (TPSA) is 178 Å². The van der Waals surface area contributed by atoms with Gasteiger partial charge in [0.05, 0.1) is 22.6 Å². The Hall–Kier alpha value is -6.22. The third kappa shape index (κ3) is 7.07. The number of carbonyl (C=O) groups excluding carboxylic acids is 4. The van der Waals surface area contributed by atoms with Crippen molar-refractivity contribution >= 4 is 46.2 Å². The molecule has 0 radical (unpaired) electrons. The molecule has 4 aliphatic rings. The predicted octanol–water partition coefficient (Wildman–Crippen LogP) is 5.52. The number of imide groups is 2. The Balaban J connectivity index is 0.836. The van der Waals surface area contributed by atoms with Gasteiger partial charge in [0.15, 0.2) is 5.65 Å². The zero-order chi connectivity index (χ0) is 39.2. The second-order valence-electron chi connectivity index (χ2n) is 15.4. The normalized spacial score (nSPS) is 24.1. The minimum atomic E-state index is -1.14. The molecular weight excluding hydrogens is 730 g/mol. The van der Waals surface area contributed by atoms with Crippen molar-refractivity contribution in [2.45, 2.75) is 69.2 Å². The molecule has 57 heavy (non-hydrogen) atoms. The van der Waals surface area contributed by atoms with E-state index in [4.69, 9.17) is 15.6 Å². The molecular formula is C42H42FN9O5. The van der Waals surface area contributed by atoms with Crippen LogP contribution in [0.15, 0.2) is 79.1 Å². The number of hydrogen-bond acceptors (Lipinski definition) is 11. The molecule has 15 heteroatoms. The van der Waals surface area contributed by atoms with Gasteiger partial charge in [-0.3, -0.25) is 29.4 Å². The van der Waals surface area contributed by atoms with Crippen LogP contribution < -0.4 is 21.1 Å². The molecule has 3 aromatic carbocycles. The van der Waals surface area contributed by atoms with Crippen LogP contribution in [0.5, 0.6) is 11.5 Å². The average Bonchev–Trinajstić information content (AvgIpc) is 3.71. The molecule has 1 saturated carbocycles. The number of carbonyl (C=O) groups is 4. The van der Waals surface area contributed by atoms with Crippen LogP contribution in [-0.2, 0) is 9.59 Å². The van der Waals surface area contributed by atoms with Gasteiger partial charge in [0, 0.05) is 36.8 Å². The number of rotatable bonds is 9. The van der Waals surface area contributed by atoms with Gasteiger partial charge >= 0.3 is 0 Å². The molecule has 3 fully saturated rings. The maximum absolute atomic E-state index is 16.3. The lowest BCUT2D eigenvalue weighted by Crippen LogP contribution is -2.54. The predicted molar refractivity (Wildman–Crippen MR) is 209 cm³/mol. The van der Waals surface area contributed by atoms with E-state index in [1.165, 1.54) is 6.33 Å². The average molecular weight is 772 g/mol. The Kier molecular flexibility index (Phi) is 9.60. The molecule has 4 amide bonds. The molecule has 4 N–H and O–H groups in total. The van der Waals surface area contributed by atoms with Gasteiger partial charge in [-0.2, -0.15) is 5.10 Å². The number of nitrogens with two attached hydrogens (primary N) is 1. The summed E-state index contributed by atoms with van der Waals surface area (Å²) in [4.78, 5) is 62.7. The number of para-hydroxylation sites is 1. The van der Waals surface area contributed by atoms with Gasteiger partial charge in [-0.15, -0.1) is 0 Å². The summed E-state index contributed by atoms with van der Waals surface area (Å²) in [5.74, 6) is -0.250. The van der Waals surface area contributed by atoms with Crippen LogP contribution in [0.25, 0.3) is 22.3 Å². The number of aromatic nitrogens is 4. The van der Waals surface area contributed by atoms with Crippen LogP contribution in [0.4, 0.5) is 15.9 Å². The number of nitrogens with one attached hydrogen (secondary N) is 2. The van der Waals surface area contributed by atoms with Gasteiger partial charge in [-0.05, 0) is 106 Å². The molecule has 5 aromatic rings. The summed E-state index contributed by atoms with van der Waals surface area (Å²) in [5.41, 5.74) is 9.49. The molecule has 14 nitrogen and oxygen atoms in total. The van der Waals surface area contributed by atoms with Crippen LogP contribution in [0.1, 0.15) is 71.7 Å². The van der Waals surface area contributed by atoms with E-state index in [1.807, 2.05) is 54.6 Å². The van der Waals surface area contributed by atoms with E-state index in [2.05, 4.69) is 25.5 Å². The number of anilines is 2. The van der Waals surface area contributed by atoms with E-state index in [-0.39, 0.29) is 41.7 Å². The fourth-order valence-electron chi connectivity index (χ4n) is 8.86. The Labute approximate surface area is 327 Å². The van der Waals surface area contributed by atoms with E-state index in [0.717, 1.165) is 55.1 Å². The number of piperidine rings is 2. The van der Waals surface area contributed by atoms with Gasteiger partial charge in [-0.1, -0.05) is 18.2 Å². The lowest BCUT2D eigenvalue weighted by atomic mass is 9.84. The quantitative estimate of drug-likeness (QED) is 0.161. The maximum atomic E-state index is 16.3. The number of likely N-dealkylation sites (tertiary alicyclic amines) is 1. The first-order valence-corrected chi connectivity index (χ1v) is 19.5. The Morgan fingerprint density at radius 1 is 0.895 bits per heavy atom. The number of nitrogen functional groups attached to an aromatic ring is 1. The fraction of sp³-hybridized carbons (Fsp3) is 0.357. The highest BCUT2D eigenvalue weighted by molar-refractivity contribution is 6.23. The van der Waals surface area contributed by atoms with Crippen LogP contribution >= 0.6 is 0 Å². The third-order valence-electron chi connectivity index (χ3n) is 11.6. The summed E-state index contributed by atoms with van der Waals surface area (Å²) >= 11 is 0. The molecule has 9 rings (SSSR count). The lowest BCUT2D eigenvalue weighted by molar-refractivity contribution is -0.136. The van der Waals surface area contributed by atoms with Crippen molar-refractivity contribution < 1.29 is 28.3 Å². The molecule has 0 spiro atoms. The third-order valence-corrected chi connectivity index (χ3v) is 11.6. The number of hydrogen-bond donors (Lipinski definition) is 3. The molecule has 4 unspecified atom stereocenters. The number of fused-ring (bicyclic) bond motifs is 2. The summed E-state index contributed by atoms with van der Waals surface area (Å²) in [5, 5.41) is 11.3. The minimum Gasteiger partial charge on any atom is -0.457 e. The van der Waals surface area contributed by atoms with E-state index >= 15 is 4.39 Å². The van der Waals surface area contributed by atoms with E-state index in [1.54, 1.807) is 22.9 Å². The molecule has 292 valence electrons. The van der Waals surface area contributed by atoms with Crippen molar-refractivity contribution in [3.05, 3.63) is 90.3 Å². The lowest BCUT2D eigenvalue weighted by Gasteiger charge is -2.38. The van der Waals surface area contributed by atoms with Crippen LogP contribution in [0, 0.1) is 5.92 Å². The Morgan fingerprint density at radius 2 is 1.68 bits per heavy atom. The van der Waals surface area contributed by atoms with Gasteiger partial charge in [0.2, 0.25) is 11.8 Å². The number of ether oxygens (including phenoxy) is 1. The van der Waals surface area contributed by atoms with E-state index in [0.29, 0.717) is 41.0 Å². The summed E-state index contributed by atoms with van der Waals surface area (Å²) in [6.45, 7) is 2.43. The van der Waals surface area contributed by atoms with Crippen molar-refractivity contribution in [1.29, 1.82) is 0 Å². The molecule has 2 aromatic heterocycles. The monoisotopic (exact) mass is 771 g/mol. The molecule has 3 aliphatic heterocycles. The SMILES string of the molecule is Nc1ncnc2c1c(-c1ccc(Oc3ccccc3)cc1)nn2C1CCC(CN2CCC[C@H](Nc3ccc4c(c3)C(=O)N(C3CCC(=O)NC3=O)C4=O)C2)CC1F. The zero-order valence-corrected chi connectivity index (χ0v) is 31.1. The summed E-state index contributed by atoms with van der Waals surface area (Å²) in [6.07, 6.45) is 4.14. The Bertz CT molecular complexity index is 2370. The molecule has 1 aliphatic carbocycles. The fourth-order valence-corrected chi connectivity index (χ4v) is 8.86. The largest absolute Gasteiger partial charge is 0.457 e. The molecule has 5 atom stereocenters. The van der Waals surface area contributed by atoms with Crippen molar-refractivity contribution in [3.63, 3.8) is 0 Å². The highest BCUT2D eigenvalue weighted by Crippen LogP contribution is 2.40. The smallest absolute Gasteiger partial charge is 0.262 e. The van der Waals surface area contributed by atoms with Crippen LogP contribution in [-0.4, -0.2) is 91.1 Å². The number of alkyl halides is 1. The van der Waals surface area contributed by atoms with Crippen LogP contribution in [0.2, 0.25) is 0 Å². The molecule has 0 bridgehead atoms. The molecule has 5 heterocycles. The van der Waals surface area contributed by atoms with Crippen molar-refractivity contribution in [1.82, 2.24) is 34.9 Å². The van der Waals surface area contributed by atoms with Crippen molar-refractivity contribution in [2.24, 2.45) is 5.92 Å². The summed E-state index contributed by atoms with van der Waals surface area (Å²) < 4.78 is 24.0. The maximum Gasteiger partial charge on any atom is 0.262 e. The van der Waals surface area contributed by atoms with Crippen LogP contribution in [0.3, 0.4) is 0 Å². The van der Waals surface area contributed by atoms with Gasteiger partial charge in [0.1, 0.15) is 41.6 Å². The number of nitrogens with zero attached hydrogens (tertiary/aromatic N) is 6. The van der Waals surface area contributed by atoms with E-state index in [9.17, 15) is 19.2 Å². The van der Waals surface area contributed by atoms with Crippen molar-refractivity contribution in [3.8, 4) is 22.8 Å². The first kappa shape index (κ1) is 36.4. The van der Waals surface area contributed by atoms with Gasteiger partial charge in [-0.25, -0.2) is 19.0 Å². The first-order chi connectivity index (χ1) is 27.7. The molecule has 2 saturated heterocycles. The highest BCUT2D eigenvalue weighted by Gasteiger charge is 2.45. The second kappa shape index (κ2) is 15.0. The standard InChI is InChI=1S/C42H42FN9O5/c43-32-19-24(8-15-33(32)52-39-36(38(44)45-23-46-39)37(49-52)25-9-12-29(13-10-25)57-28-6-2-1-3-7-28)21-50-18-4-5-27(22-50)47-26-11-14-30-31(20-26)42(56)51(41(30)55)34-16-17-35(53)48-40(34)54/h1-3,6-7,9-14,20,23-24,27,32-34,47H,4-5,8,15-19,21-22H2,(H2,44,45,46)(H,48,53,54)/t24?,27-,32?,33?,34?/m0/s1. The number of halogens is 1. The minimum absolute atomic E-state index is 0.0676. The van der Waals surface area contributed by atoms with Gasteiger partial charge in [0.25, 0.3) is 11.8 Å². The second-order valence-corrected chi connectivity index (χ2v) is 15.4. The van der Waals surface area contributed by atoms with Crippen molar-refractivity contribution in [2.75, 3.05) is 30.7 Å². The summed E-state index contributed by atoms with van der Waals surface area (Å²) in [7, 11) is 0. The summed E-state index contributed by atoms with van der Waals surface area (Å²) in [6, 6.07) is 20.7. The van der Waals surface area contributed by atoms with E-state index < -0.39 is 41.9 Å². The number of amides is 4. The first-order valence-electron chi connectivity index (χ1n) is 19.5. The number of benzene rings is 3. The Morgan fingerprint density at radius 3 is 2.47 bits per heavy atom. The zero-order valence-electron chi connectivity index (χ0n) is 31.1. The highest BCUT2D eigenvalue weighted by atomic mass is 19.1.